The Hall–Kier alpha value is -0.975. The summed E-state index contributed by atoms with van der Waals surface area (Å²) < 4.78 is 11.2. The first-order valence-electron chi connectivity index (χ1n) is 11.3. The summed E-state index contributed by atoms with van der Waals surface area (Å²) in [7, 11) is 1.87. The molecular formula is C24H41BNO3S. The highest BCUT2D eigenvalue weighted by Gasteiger charge is 2.46. The van der Waals surface area contributed by atoms with Crippen LogP contribution in [0.5, 0.6) is 0 Å². The lowest BCUT2D eigenvalue weighted by molar-refractivity contribution is -0.153. The summed E-state index contributed by atoms with van der Waals surface area (Å²) in [4.78, 5) is 12.7. The van der Waals surface area contributed by atoms with E-state index in [9.17, 15) is 4.79 Å². The van der Waals surface area contributed by atoms with Crippen LogP contribution >= 0.6 is 12.6 Å². The Bertz CT molecular complexity index is 633. The predicted octanol–water partition coefficient (Wildman–Crippen LogP) is 5.57. The van der Waals surface area contributed by atoms with Gasteiger partial charge in [0.05, 0.1) is 5.60 Å². The van der Waals surface area contributed by atoms with Gasteiger partial charge in [0.25, 0.3) is 7.48 Å². The van der Waals surface area contributed by atoms with E-state index in [0.717, 1.165) is 37.6 Å². The highest BCUT2D eigenvalue weighted by molar-refractivity contribution is 7.81. The molecule has 6 heteroatoms. The first kappa shape index (κ1) is 27.1. The van der Waals surface area contributed by atoms with E-state index in [4.69, 9.17) is 15.1 Å². The number of carbonyl (C=O) groups excluding carboxylic acids is 1. The maximum atomic E-state index is 12.7. The van der Waals surface area contributed by atoms with Crippen molar-refractivity contribution < 1.29 is 14.2 Å². The van der Waals surface area contributed by atoms with Gasteiger partial charge in [0.15, 0.2) is 0 Å². The second-order valence-corrected chi connectivity index (χ2v) is 10.1. The number of ether oxygens (including phenoxy) is 1. The van der Waals surface area contributed by atoms with E-state index in [1.165, 1.54) is 0 Å². The van der Waals surface area contributed by atoms with Gasteiger partial charge in [0.1, 0.15) is 12.1 Å². The largest absolute Gasteiger partial charge is 0.459 e. The molecule has 2 atom stereocenters. The molecule has 0 heterocycles. The van der Waals surface area contributed by atoms with Gasteiger partial charge in [-0.15, -0.1) is 0 Å². The van der Waals surface area contributed by atoms with Crippen LogP contribution in [0.1, 0.15) is 79.2 Å². The van der Waals surface area contributed by atoms with Gasteiger partial charge < -0.3 is 15.1 Å². The Labute approximate surface area is 190 Å². The van der Waals surface area contributed by atoms with Gasteiger partial charge in [-0.25, -0.2) is 0 Å². The molecule has 0 amide bonds. The number of thiol groups is 1. The molecule has 0 spiro atoms. The third-order valence-corrected chi connectivity index (χ3v) is 6.73. The summed E-state index contributed by atoms with van der Waals surface area (Å²) in [5.41, 5.74) is 6.30. The van der Waals surface area contributed by atoms with E-state index in [-0.39, 0.29) is 28.8 Å². The second kappa shape index (κ2) is 12.2. The predicted molar refractivity (Wildman–Crippen MR) is 130 cm³/mol. The Balaban J connectivity index is 0.00000218. The fourth-order valence-electron chi connectivity index (χ4n) is 3.49. The van der Waals surface area contributed by atoms with Crippen LogP contribution in [0, 0.1) is 5.92 Å². The van der Waals surface area contributed by atoms with E-state index < -0.39 is 5.54 Å². The Morgan fingerprint density at radius 1 is 1.23 bits per heavy atom. The van der Waals surface area contributed by atoms with Crippen molar-refractivity contribution in [2.24, 2.45) is 11.7 Å². The molecule has 1 fully saturated rings. The van der Waals surface area contributed by atoms with Crippen molar-refractivity contribution in [2.75, 3.05) is 0 Å². The zero-order chi connectivity index (χ0) is 22.8. The molecule has 0 saturated heterocycles. The van der Waals surface area contributed by atoms with Crippen molar-refractivity contribution in [3.63, 3.8) is 0 Å². The molecule has 4 nitrogen and oxygen atoms in total. The standard InChI is InChI=1S/C22H35BNO3S.C2H6/c1-20(2,21(3,4)28)27-23-15-9-13-18-12-8-14-22(18,24)19(25)26-16-17-10-6-5-7-11-17;1-2/h5-7,10-11,18,28H,8-9,12-16,24H2,1-4H3;1-2H3. The van der Waals surface area contributed by atoms with Crippen molar-refractivity contribution in [1.82, 2.24) is 0 Å². The van der Waals surface area contributed by atoms with E-state index in [2.05, 4.69) is 12.6 Å². The minimum absolute atomic E-state index is 0.165. The topological polar surface area (TPSA) is 61.5 Å². The summed E-state index contributed by atoms with van der Waals surface area (Å²) in [5, 5.41) is 0. The molecule has 0 aromatic heterocycles. The van der Waals surface area contributed by atoms with Gasteiger partial charge in [-0.1, -0.05) is 63.3 Å². The van der Waals surface area contributed by atoms with Crippen molar-refractivity contribution in [3.05, 3.63) is 35.9 Å². The van der Waals surface area contributed by atoms with Crippen LogP contribution in [0.15, 0.2) is 30.3 Å². The molecule has 2 N–H and O–H groups in total. The molecule has 1 saturated carbocycles. The van der Waals surface area contributed by atoms with Gasteiger partial charge in [-0.05, 0) is 58.4 Å². The van der Waals surface area contributed by atoms with Crippen LogP contribution in [0.2, 0.25) is 6.32 Å². The second-order valence-electron chi connectivity index (χ2n) is 8.98. The van der Waals surface area contributed by atoms with Crippen LogP contribution in [0.4, 0.5) is 0 Å². The van der Waals surface area contributed by atoms with Crippen molar-refractivity contribution in [2.45, 2.75) is 102 Å². The number of rotatable bonds is 10. The monoisotopic (exact) mass is 434 g/mol. The molecule has 2 unspecified atom stereocenters. The lowest BCUT2D eigenvalue weighted by Gasteiger charge is -2.38. The van der Waals surface area contributed by atoms with E-state index in [1.54, 1.807) is 0 Å². The van der Waals surface area contributed by atoms with E-state index in [0.29, 0.717) is 6.42 Å². The molecule has 1 radical (unpaired) electrons. The van der Waals surface area contributed by atoms with Crippen LogP contribution in [0.25, 0.3) is 0 Å². The smallest absolute Gasteiger partial charge is 0.326 e. The minimum Gasteiger partial charge on any atom is -0.459 e. The van der Waals surface area contributed by atoms with Crippen LogP contribution < -0.4 is 5.73 Å². The number of nitrogens with two attached hydrogens (primary N) is 1. The van der Waals surface area contributed by atoms with Gasteiger partial charge in [0.2, 0.25) is 0 Å². The lowest BCUT2D eigenvalue weighted by atomic mass is 9.80. The average molecular weight is 434 g/mol. The molecule has 1 aromatic rings. The van der Waals surface area contributed by atoms with Gasteiger partial charge in [-0.3, -0.25) is 4.79 Å². The SMILES string of the molecule is CC.CC(C)(S)C(C)(C)O[B]CCCC1CCCC1(N)C(=O)OCc1ccccc1. The van der Waals surface area contributed by atoms with Crippen LogP contribution in [-0.2, 0) is 20.8 Å². The quantitative estimate of drug-likeness (QED) is 0.219. The maximum absolute atomic E-state index is 12.7. The average Bonchev–Trinajstić information content (AvgIpc) is 3.09. The number of hydrogen-bond donors (Lipinski definition) is 2. The Morgan fingerprint density at radius 3 is 2.47 bits per heavy atom. The highest BCUT2D eigenvalue weighted by atomic mass is 32.1. The van der Waals surface area contributed by atoms with Gasteiger partial charge in [-0.2, -0.15) is 12.6 Å². The van der Waals surface area contributed by atoms with Gasteiger partial charge in [0, 0.05) is 4.75 Å². The summed E-state index contributed by atoms with van der Waals surface area (Å²) in [6, 6.07) is 9.73. The fraction of sp³-hybridized carbons (Fsp3) is 0.708. The molecule has 169 valence electrons. The zero-order valence-electron chi connectivity index (χ0n) is 19.7. The Kier molecular flexibility index (Phi) is 11.0. The van der Waals surface area contributed by atoms with E-state index >= 15 is 0 Å². The first-order valence-corrected chi connectivity index (χ1v) is 11.7. The molecule has 1 aliphatic carbocycles. The lowest BCUT2D eigenvalue weighted by Crippen LogP contribution is -2.52. The van der Waals surface area contributed by atoms with E-state index in [1.807, 2.05) is 79.4 Å². The molecule has 0 bridgehead atoms. The fourth-order valence-corrected chi connectivity index (χ4v) is 3.54. The first-order chi connectivity index (χ1) is 14.1. The van der Waals surface area contributed by atoms with Crippen molar-refractivity contribution in [3.8, 4) is 0 Å². The maximum Gasteiger partial charge on any atom is 0.326 e. The Morgan fingerprint density at radius 2 is 1.87 bits per heavy atom. The molecule has 1 aromatic carbocycles. The molecular weight excluding hydrogens is 393 g/mol. The molecule has 1 aliphatic rings. The van der Waals surface area contributed by atoms with Crippen molar-refractivity contribution in [1.29, 1.82) is 0 Å². The zero-order valence-corrected chi connectivity index (χ0v) is 20.6. The van der Waals surface area contributed by atoms with Crippen LogP contribution in [-0.4, -0.2) is 29.3 Å². The number of hydrogen-bond acceptors (Lipinski definition) is 5. The highest BCUT2D eigenvalue weighted by Crippen LogP contribution is 2.38. The molecule has 30 heavy (non-hydrogen) atoms. The molecule has 2 rings (SSSR count). The molecule has 0 aliphatic heterocycles. The number of esters is 1. The number of carbonyl (C=O) groups is 1. The summed E-state index contributed by atoms with van der Waals surface area (Å²) >= 11 is 4.61. The third kappa shape index (κ3) is 7.62. The minimum atomic E-state index is -0.859. The summed E-state index contributed by atoms with van der Waals surface area (Å²) in [6.07, 6.45) is 5.33. The third-order valence-electron chi connectivity index (χ3n) is 6.19. The van der Waals surface area contributed by atoms with Crippen LogP contribution in [0.3, 0.4) is 0 Å². The van der Waals surface area contributed by atoms with Gasteiger partial charge >= 0.3 is 5.97 Å². The van der Waals surface area contributed by atoms with Crippen molar-refractivity contribution >= 4 is 26.1 Å². The normalized spacial score (nSPS) is 21.5. The summed E-state index contributed by atoms with van der Waals surface area (Å²) in [5.74, 6) is -0.101. The summed E-state index contributed by atoms with van der Waals surface area (Å²) in [6.45, 7) is 12.5. The number of benzene rings is 1.